The van der Waals surface area contributed by atoms with Crippen LogP contribution in [0.4, 0.5) is 0 Å². The summed E-state index contributed by atoms with van der Waals surface area (Å²) in [7, 11) is 0. The highest BCUT2D eigenvalue weighted by atomic mass is 16.4. The van der Waals surface area contributed by atoms with Crippen LogP contribution in [0.5, 0.6) is 0 Å². The van der Waals surface area contributed by atoms with Crippen LogP contribution in [0, 0.1) is 6.92 Å². The highest BCUT2D eigenvalue weighted by Crippen LogP contribution is 2.18. The zero-order valence-electron chi connectivity index (χ0n) is 11.0. The van der Waals surface area contributed by atoms with E-state index in [1.165, 1.54) is 5.56 Å². The van der Waals surface area contributed by atoms with Crippen molar-refractivity contribution in [3.8, 4) is 11.5 Å². The summed E-state index contributed by atoms with van der Waals surface area (Å²) in [6.07, 6.45) is 1.76. The molecule has 2 heterocycles. The van der Waals surface area contributed by atoms with Gasteiger partial charge < -0.3 is 10.2 Å². The second-order valence-electron chi connectivity index (χ2n) is 4.48. The maximum absolute atomic E-state index is 5.61. The maximum Gasteiger partial charge on any atom is 0.247 e. The third-order valence-corrected chi connectivity index (χ3v) is 2.86. The Morgan fingerprint density at radius 2 is 1.95 bits per heavy atom. The molecule has 0 saturated carbocycles. The number of nitrogens with zero attached hydrogens (tertiary/aromatic N) is 5. The molecule has 0 unspecified atom stereocenters. The molecule has 102 valence electrons. The summed E-state index contributed by atoms with van der Waals surface area (Å²) in [5.74, 6) is 0.980. The van der Waals surface area contributed by atoms with Crippen LogP contribution in [0.3, 0.4) is 0 Å². The summed E-state index contributed by atoms with van der Waals surface area (Å²) in [6.45, 7) is 2.77. The Morgan fingerprint density at radius 1 is 1.15 bits per heavy atom. The van der Waals surface area contributed by atoms with Crippen molar-refractivity contribution < 1.29 is 4.42 Å². The van der Waals surface area contributed by atoms with Crippen LogP contribution in [0.2, 0.25) is 0 Å². The summed E-state index contributed by atoms with van der Waals surface area (Å²) >= 11 is 0. The zero-order chi connectivity index (χ0) is 13.9. The lowest BCUT2D eigenvalue weighted by Gasteiger charge is -1.96. The van der Waals surface area contributed by atoms with Crippen LogP contribution in [-0.2, 0) is 13.1 Å². The molecule has 3 aromatic rings. The number of rotatable bonds is 4. The predicted molar refractivity (Wildman–Crippen MR) is 71.5 cm³/mol. The Bertz CT molecular complexity index is 700. The first-order valence-electron chi connectivity index (χ1n) is 6.23. The molecule has 0 radical (unpaired) electrons. The molecule has 2 N–H and O–H groups in total. The molecule has 7 nitrogen and oxygen atoms in total. The summed E-state index contributed by atoms with van der Waals surface area (Å²) < 4.78 is 7.23. The largest absolute Gasteiger partial charge is 0.419 e. The van der Waals surface area contributed by atoms with Gasteiger partial charge in [0.1, 0.15) is 6.54 Å². The minimum Gasteiger partial charge on any atom is -0.419 e. The van der Waals surface area contributed by atoms with Crippen LogP contribution in [0.25, 0.3) is 11.5 Å². The molecule has 0 spiro atoms. The lowest BCUT2D eigenvalue weighted by atomic mass is 10.1. The molecule has 0 amide bonds. The van der Waals surface area contributed by atoms with Gasteiger partial charge in [-0.25, -0.2) is 4.68 Å². The summed E-state index contributed by atoms with van der Waals surface area (Å²) in [6, 6.07) is 7.91. The van der Waals surface area contributed by atoms with Gasteiger partial charge in [-0.15, -0.1) is 15.3 Å². The van der Waals surface area contributed by atoms with Gasteiger partial charge in [-0.3, -0.25) is 0 Å². The first-order valence-corrected chi connectivity index (χ1v) is 6.23. The predicted octanol–water partition coefficient (Wildman–Crippen LogP) is 1.14. The summed E-state index contributed by atoms with van der Waals surface area (Å²) in [4.78, 5) is 0. The molecule has 0 aliphatic heterocycles. The second kappa shape index (κ2) is 5.22. The molecule has 1 aromatic carbocycles. The van der Waals surface area contributed by atoms with Gasteiger partial charge in [0.15, 0.2) is 0 Å². The fourth-order valence-corrected chi connectivity index (χ4v) is 1.78. The van der Waals surface area contributed by atoms with E-state index in [1.807, 2.05) is 31.2 Å². The molecular formula is C13H14N6O. The number of benzene rings is 1. The minimum absolute atomic E-state index is 0.360. The van der Waals surface area contributed by atoms with Gasteiger partial charge in [-0.05, 0) is 19.1 Å². The van der Waals surface area contributed by atoms with E-state index in [0.717, 1.165) is 11.3 Å². The maximum atomic E-state index is 5.61. The van der Waals surface area contributed by atoms with E-state index >= 15 is 0 Å². The van der Waals surface area contributed by atoms with Crippen molar-refractivity contribution in [1.29, 1.82) is 0 Å². The fourth-order valence-electron chi connectivity index (χ4n) is 1.78. The third-order valence-electron chi connectivity index (χ3n) is 2.86. The topological polar surface area (TPSA) is 95.7 Å². The highest BCUT2D eigenvalue weighted by Gasteiger charge is 2.09. The van der Waals surface area contributed by atoms with Crippen molar-refractivity contribution in [2.24, 2.45) is 5.73 Å². The lowest BCUT2D eigenvalue weighted by Crippen LogP contribution is -2.00. The molecule has 7 heteroatoms. The van der Waals surface area contributed by atoms with Crippen LogP contribution in [0.15, 0.2) is 34.9 Å². The molecule has 0 atom stereocenters. The van der Waals surface area contributed by atoms with Gasteiger partial charge in [0.25, 0.3) is 0 Å². The normalized spacial score (nSPS) is 10.9. The number of nitrogens with two attached hydrogens (primary N) is 1. The van der Waals surface area contributed by atoms with Crippen molar-refractivity contribution in [2.75, 3.05) is 0 Å². The molecule has 3 rings (SSSR count). The molecule has 0 fully saturated rings. The molecule has 0 saturated heterocycles. The number of hydrogen-bond donors (Lipinski definition) is 1. The van der Waals surface area contributed by atoms with E-state index in [2.05, 4.69) is 20.5 Å². The van der Waals surface area contributed by atoms with Gasteiger partial charge in [0, 0.05) is 12.1 Å². The van der Waals surface area contributed by atoms with E-state index in [4.69, 9.17) is 10.2 Å². The number of aryl methyl sites for hydroxylation is 1. The van der Waals surface area contributed by atoms with Crippen LogP contribution in [0.1, 0.15) is 17.1 Å². The Labute approximate surface area is 115 Å². The smallest absolute Gasteiger partial charge is 0.247 e. The Morgan fingerprint density at radius 3 is 2.65 bits per heavy atom. The lowest BCUT2D eigenvalue weighted by molar-refractivity contribution is 0.469. The number of hydrogen-bond acceptors (Lipinski definition) is 6. The first-order chi connectivity index (χ1) is 9.74. The Hall–Kier alpha value is -2.54. The van der Waals surface area contributed by atoms with Crippen LogP contribution < -0.4 is 5.73 Å². The standard InChI is InChI=1S/C13H14N6O/c1-9-2-4-10(5-3-9)13-17-16-12(20-13)8-19-7-11(6-14)15-18-19/h2-5,7H,6,8,14H2,1H3. The van der Waals surface area contributed by atoms with Crippen molar-refractivity contribution >= 4 is 0 Å². The number of aromatic nitrogens is 5. The first kappa shape index (κ1) is 12.5. The van der Waals surface area contributed by atoms with Crippen LogP contribution >= 0.6 is 0 Å². The van der Waals surface area contributed by atoms with E-state index in [1.54, 1.807) is 10.9 Å². The van der Waals surface area contributed by atoms with Crippen molar-refractivity contribution in [1.82, 2.24) is 25.2 Å². The SMILES string of the molecule is Cc1ccc(-c2nnc(Cn3cc(CN)nn3)o2)cc1. The van der Waals surface area contributed by atoms with Crippen molar-refractivity contribution in [3.05, 3.63) is 47.6 Å². The average molecular weight is 270 g/mol. The highest BCUT2D eigenvalue weighted by molar-refractivity contribution is 5.52. The molecule has 0 bridgehead atoms. The van der Waals surface area contributed by atoms with E-state index in [0.29, 0.717) is 24.9 Å². The third kappa shape index (κ3) is 2.57. The van der Waals surface area contributed by atoms with Crippen molar-refractivity contribution in [2.45, 2.75) is 20.0 Å². The van der Waals surface area contributed by atoms with Gasteiger partial charge in [0.05, 0.1) is 11.9 Å². The summed E-state index contributed by atoms with van der Waals surface area (Å²) in [5.41, 5.74) is 8.29. The monoisotopic (exact) mass is 270 g/mol. The molecule has 20 heavy (non-hydrogen) atoms. The fraction of sp³-hybridized carbons (Fsp3) is 0.231. The zero-order valence-corrected chi connectivity index (χ0v) is 11.0. The quantitative estimate of drug-likeness (QED) is 0.763. The van der Waals surface area contributed by atoms with E-state index in [-0.39, 0.29) is 0 Å². The average Bonchev–Trinajstić information content (AvgIpc) is 3.09. The minimum atomic E-state index is 0.360. The van der Waals surface area contributed by atoms with E-state index in [9.17, 15) is 0 Å². The molecular weight excluding hydrogens is 256 g/mol. The molecule has 0 aliphatic rings. The van der Waals surface area contributed by atoms with Gasteiger partial charge in [0.2, 0.25) is 11.8 Å². The van der Waals surface area contributed by atoms with Gasteiger partial charge in [-0.1, -0.05) is 22.9 Å². The molecule has 0 aliphatic carbocycles. The van der Waals surface area contributed by atoms with Crippen molar-refractivity contribution in [3.63, 3.8) is 0 Å². The Balaban J connectivity index is 1.78. The Kier molecular flexibility index (Phi) is 3.26. The van der Waals surface area contributed by atoms with Crippen LogP contribution in [-0.4, -0.2) is 25.2 Å². The van der Waals surface area contributed by atoms with E-state index < -0.39 is 0 Å². The van der Waals surface area contributed by atoms with Gasteiger partial charge in [-0.2, -0.15) is 0 Å². The van der Waals surface area contributed by atoms with Gasteiger partial charge >= 0.3 is 0 Å². The summed E-state index contributed by atoms with van der Waals surface area (Å²) in [5, 5.41) is 15.9. The molecule has 2 aromatic heterocycles. The second-order valence-corrected chi connectivity index (χ2v) is 4.48.